The van der Waals surface area contributed by atoms with Crippen molar-refractivity contribution in [2.75, 3.05) is 5.73 Å². The van der Waals surface area contributed by atoms with Gasteiger partial charge in [-0.15, -0.1) is 15.3 Å². The molecule has 1 aliphatic carbocycles. The second kappa shape index (κ2) is 6.39. The highest BCUT2D eigenvalue weighted by atomic mass is 32.1. The van der Waals surface area contributed by atoms with Crippen LogP contribution in [0.25, 0.3) is 0 Å². The fraction of sp³-hybridized carbons (Fsp3) is 0.625. The molecule has 0 radical (unpaired) electrons. The zero-order valence-corrected chi connectivity index (χ0v) is 14.9. The maximum Gasteiger partial charge on any atom is 0.203 e. The standard InChI is InChI=1S/C16H24N6S/c1-11-5-4-7-16(2,3)13(11)9-12-10-22(21-18-12)8-6-14-19-20-15(17)23-14/h10H,4-9H2,1-3H3,(H2,17,20). The third-order valence-corrected chi connectivity index (χ3v) is 5.48. The molecular weight excluding hydrogens is 308 g/mol. The molecule has 2 aromatic rings. The quantitative estimate of drug-likeness (QED) is 0.851. The zero-order chi connectivity index (χ0) is 16.4. The topological polar surface area (TPSA) is 82.5 Å². The first kappa shape index (κ1) is 16.1. The van der Waals surface area contributed by atoms with Gasteiger partial charge in [0.05, 0.1) is 5.69 Å². The second-order valence-electron chi connectivity index (χ2n) is 6.93. The predicted octanol–water partition coefficient (Wildman–Crippen LogP) is 3.02. The lowest BCUT2D eigenvalue weighted by Crippen LogP contribution is -2.22. The monoisotopic (exact) mass is 332 g/mol. The van der Waals surface area contributed by atoms with Crippen LogP contribution in [0.5, 0.6) is 0 Å². The molecule has 0 spiro atoms. The maximum absolute atomic E-state index is 5.60. The molecule has 23 heavy (non-hydrogen) atoms. The molecule has 3 rings (SSSR count). The van der Waals surface area contributed by atoms with Gasteiger partial charge in [0.15, 0.2) is 0 Å². The van der Waals surface area contributed by atoms with Crippen LogP contribution in [0.4, 0.5) is 5.13 Å². The van der Waals surface area contributed by atoms with Crippen molar-refractivity contribution in [3.05, 3.63) is 28.0 Å². The van der Waals surface area contributed by atoms with Gasteiger partial charge in [0.25, 0.3) is 0 Å². The van der Waals surface area contributed by atoms with Crippen molar-refractivity contribution in [3.63, 3.8) is 0 Å². The number of aromatic nitrogens is 5. The van der Waals surface area contributed by atoms with Gasteiger partial charge >= 0.3 is 0 Å². The predicted molar refractivity (Wildman–Crippen MR) is 92.1 cm³/mol. The van der Waals surface area contributed by atoms with Crippen LogP contribution in [0.2, 0.25) is 0 Å². The Morgan fingerprint density at radius 2 is 2.13 bits per heavy atom. The van der Waals surface area contributed by atoms with E-state index in [0.29, 0.717) is 5.13 Å². The second-order valence-corrected chi connectivity index (χ2v) is 8.02. The number of rotatable bonds is 5. The summed E-state index contributed by atoms with van der Waals surface area (Å²) >= 11 is 1.43. The van der Waals surface area contributed by atoms with E-state index in [1.807, 2.05) is 4.68 Å². The number of hydrogen-bond acceptors (Lipinski definition) is 6. The molecule has 0 atom stereocenters. The maximum atomic E-state index is 5.60. The van der Waals surface area contributed by atoms with E-state index < -0.39 is 0 Å². The molecule has 0 amide bonds. The number of allylic oxidation sites excluding steroid dienone is 2. The van der Waals surface area contributed by atoms with E-state index >= 15 is 0 Å². The highest BCUT2D eigenvalue weighted by Gasteiger charge is 2.28. The van der Waals surface area contributed by atoms with E-state index in [1.54, 1.807) is 0 Å². The average molecular weight is 332 g/mol. The molecule has 6 nitrogen and oxygen atoms in total. The van der Waals surface area contributed by atoms with Crippen LogP contribution in [0.15, 0.2) is 17.3 Å². The molecule has 2 aromatic heterocycles. The Hall–Kier alpha value is -1.76. The van der Waals surface area contributed by atoms with E-state index in [-0.39, 0.29) is 5.41 Å². The lowest BCUT2D eigenvalue weighted by atomic mass is 9.71. The fourth-order valence-electron chi connectivity index (χ4n) is 3.35. The Labute approximate surface area is 140 Å². The lowest BCUT2D eigenvalue weighted by molar-refractivity contribution is 0.358. The van der Waals surface area contributed by atoms with E-state index in [0.717, 1.165) is 30.1 Å². The van der Waals surface area contributed by atoms with Crippen molar-refractivity contribution in [2.24, 2.45) is 5.41 Å². The number of nitrogens with two attached hydrogens (primary N) is 1. The highest BCUT2D eigenvalue weighted by molar-refractivity contribution is 7.15. The minimum absolute atomic E-state index is 0.274. The van der Waals surface area contributed by atoms with Crippen molar-refractivity contribution in [1.82, 2.24) is 25.2 Å². The minimum Gasteiger partial charge on any atom is -0.374 e. The van der Waals surface area contributed by atoms with E-state index in [4.69, 9.17) is 5.73 Å². The third kappa shape index (κ3) is 3.77. The average Bonchev–Trinajstić information content (AvgIpc) is 3.09. The third-order valence-electron chi connectivity index (χ3n) is 4.67. The largest absolute Gasteiger partial charge is 0.374 e. The summed E-state index contributed by atoms with van der Waals surface area (Å²) < 4.78 is 1.89. The SMILES string of the molecule is CC1=C(Cc2cn(CCc3nnc(N)s3)nn2)C(C)(C)CCC1. The normalized spacial score (nSPS) is 17.7. The van der Waals surface area contributed by atoms with Crippen molar-refractivity contribution in [2.45, 2.75) is 59.4 Å². The molecule has 2 N–H and O–H groups in total. The zero-order valence-electron chi connectivity index (χ0n) is 14.0. The molecule has 0 aromatic carbocycles. The summed E-state index contributed by atoms with van der Waals surface area (Å²) in [4.78, 5) is 0. The van der Waals surface area contributed by atoms with Gasteiger partial charge in [0, 0.05) is 25.6 Å². The van der Waals surface area contributed by atoms with Crippen molar-refractivity contribution >= 4 is 16.5 Å². The van der Waals surface area contributed by atoms with Crippen LogP contribution in [-0.4, -0.2) is 25.2 Å². The van der Waals surface area contributed by atoms with E-state index in [2.05, 4.69) is 47.5 Å². The smallest absolute Gasteiger partial charge is 0.203 e. The Morgan fingerprint density at radius 3 is 2.83 bits per heavy atom. The number of anilines is 1. The van der Waals surface area contributed by atoms with E-state index in [1.165, 1.54) is 41.7 Å². The summed E-state index contributed by atoms with van der Waals surface area (Å²) in [6, 6.07) is 0. The van der Waals surface area contributed by atoms with Gasteiger partial charge in [0.2, 0.25) is 5.13 Å². The first-order valence-electron chi connectivity index (χ1n) is 8.10. The Bertz CT molecular complexity index is 712. The Balaban J connectivity index is 1.65. The summed E-state index contributed by atoms with van der Waals surface area (Å²) in [5.74, 6) is 0. The number of hydrogen-bond donors (Lipinski definition) is 1. The van der Waals surface area contributed by atoms with Gasteiger partial charge in [0.1, 0.15) is 5.01 Å². The molecule has 0 saturated carbocycles. The number of nitrogen functional groups attached to an aromatic ring is 1. The Morgan fingerprint density at radius 1 is 1.30 bits per heavy atom. The molecule has 0 fully saturated rings. The molecule has 0 bridgehead atoms. The van der Waals surface area contributed by atoms with Gasteiger partial charge in [-0.2, -0.15) is 0 Å². The molecule has 1 aliphatic rings. The number of nitrogens with zero attached hydrogens (tertiary/aromatic N) is 5. The number of aryl methyl sites for hydroxylation is 2. The minimum atomic E-state index is 0.274. The van der Waals surface area contributed by atoms with Crippen molar-refractivity contribution in [1.29, 1.82) is 0 Å². The summed E-state index contributed by atoms with van der Waals surface area (Å²) in [5, 5.41) is 17.9. The van der Waals surface area contributed by atoms with Crippen LogP contribution in [0, 0.1) is 5.41 Å². The van der Waals surface area contributed by atoms with E-state index in [9.17, 15) is 0 Å². The van der Waals surface area contributed by atoms with Gasteiger partial charge in [-0.25, -0.2) is 0 Å². The van der Waals surface area contributed by atoms with Crippen LogP contribution >= 0.6 is 11.3 Å². The fourth-order valence-corrected chi connectivity index (χ4v) is 3.95. The molecule has 7 heteroatoms. The summed E-state index contributed by atoms with van der Waals surface area (Å²) in [5.41, 5.74) is 9.98. The van der Waals surface area contributed by atoms with Crippen molar-refractivity contribution < 1.29 is 0 Å². The lowest BCUT2D eigenvalue weighted by Gasteiger charge is -2.34. The molecule has 0 unspecified atom stereocenters. The molecule has 124 valence electrons. The van der Waals surface area contributed by atoms with Gasteiger partial charge in [-0.05, 0) is 31.6 Å². The summed E-state index contributed by atoms with van der Waals surface area (Å²) in [6.45, 7) is 7.70. The molecule has 2 heterocycles. The van der Waals surface area contributed by atoms with Gasteiger partial charge in [-0.1, -0.05) is 41.5 Å². The summed E-state index contributed by atoms with van der Waals surface area (Å²) in [6.07, 6.45) is 7.50. The first-order chi connectivity index (χ1) is 10.9. The van der Waals surface area contributed by atoms with Crippen molar-refractivity contribution in [3.8, 4) is 0 Å². The first-order valence-corrected chi connectivity index (χ1v) is 8.92. The molecular formula is C16H24N6S. The molecule has 0 saturated heterocycles. The van der Waals surface area contributed by atoms with Gasteiger partial charge in [-0.3, -0.25) is 4.68 Å². The van der Waals surface area contributed by atoms with Crippen LogP contribution in [0.3, 0.4) is 0 Å². The van der Waals surface area contributed by atoms with Crippen LogP contribution < -0.4 is 5.73 Å². The van der Waals surface area contributed by atoms with Gasteiger partial charge < -0.3 is 5.73 Å². The van der Waals surface area contributed by atoms with Crippen LogP contribution in [-0.2, 0) is 19.4 Å². The highest BCUT2D eigenvalue weighted by Crippen LogP contribution is 2.41. The molecule has 0 aliphatic heterocycles. The summed E-state index contributed by atoms with van der Waals surface area (Å²) in [7, 11) is 0. The Kier molecular flexibility index (Phi) is 4.48. The van der Waals surface area contributed by atoms with Crippen LogP contribution in [0.1, 0.15) is 50.7 Å².